The van der Waals surface area contributed by atoms with E-state index in [4.69, 9.17) is 10.1 Å². The van der Waals surface area contributed by atoms with Gasteiger partial charge in [0.1, 0.15) is 0 Å². The zero-order valence-electron chi connectivity index (χ0n) is 22.1. The van der Waals surface area contributed by atoms with Gasteiger partial charge in [0.05, 0.1) is 22.5 Å². The third-order valence-electron chi connectivity index (χ3n) is 6.39. The molecule has 0 radical (unpaired) electrons. The van der Waals surface area contributed by atoms with Crippen LogP contribution in [0.25, 0.3) is 10.9 Å². The fourth-order valence-corrected chi connectivity index (χ4v) is 4.71. The first kappa shape index (κ1) is 28.1. The molecule has 1 amide bonds. The molecule has 3 aromatic carbocycles. The number of aromatic nitrogens is 1. The number of carbonyl (C=O) groups is 2. The van der Waals surface area contributed by atoms with Crippen LogP contribution in [0.1, 0.15) is 30.0 Å². The number of H-pyrrole nitrogens is 1. The van der Waals surface area contributed by atoms with Crippen LogP contribution in [0.15, 0.2) is 76.2 Å². The van der Waals surface area contributed by atoms with E-state index in [1.165, 1.54) is 0 Å². The van der Waals surface area contributed by atoms with Crippen molar-refractivity contribution in [3.8, 4) is 5.88 Å². The predicted octanol–water partition coefficient (Wildman–Crippen LogP) is 5.74. The van der Waals surface area contributed by atoms with Gasteiger partial charge in [-0.3, -0.25) is 9.59 Å². The second-order valence-electron chi connectivity index (χ2n) is 9.58. The van der Waals surface area contributed by atoms with Crippen molar-refractivity contribution in [3.63, 3.8) is 0 Å². The number of halogens is 1. The highest BCUT2D eigenvalue weighted by Crippen LogP contribution is 2.33. The lowest BCUT2D eigenvalue weighted by Crippen LogP contribution is -2.35. The predicted molar refractivity (Wildman–Crippen MR) is 158 cm³/mol. The maximum absolute atomic E-state index is 12.3. The smallest absolute Gasteiger partial charge is 0.303 e. The van der Waals surface area contributed by atoms with E-state index in [0.717, 1.165) is 38.7 Å². The molecule has 0 aliphatic rings. The third-order valence-corrected chi connectivity index (χ3v) is 6.88. The molecule has 4 aromatic rings. The van der Waals surface area contributed by atoms with Crippen LogP contribution in [-0.2, 0) is 16.0 Å². The molecule has 202 valence electrons. The molecule has 0 aliphatic heterocycles. The quantitative estimate of drug-likeness (QED) is 0.204. The van der Waals surface area contributed by atoms with Gasteiger partial charge in [-0.1, -0.05) is 46.3 Å². The van der Waals surface area contributed by atoms with Crippen molar-refractivity contribution in [2.75, 3.05) is 32.1 Å². The van der Waals surface area contributed by atoms with Gasteiger partial charge in [0.25, 0.3) is 0 Å². The summed E-state index contributed by atoms with van der Waals surface area (Å²) >= 11 is 3.48. The number of aryl methyl sites for hydroxylation is 1. The molecule has 39 heavy (non-hydrogen) atoms. The molecule has 8 nitrogen and oxygen atoms in total. The highest BCUT2D eigenvalue weighted by atomic mass is 79.9. The minimum Gasteiger partial charge on any atom is -0.494 e. The number of aromatic amines is 1. The van der Waals surface area contributed by atoms with E-state index in [2.05, 4.69) is 20.9 Å². The van der Waals surface area contributed by atoms with Crippen LogP contribution in [0.4, 0.5) is 11.4 Å². The van der Waals surface area contributed by atoms with Crippen molar-refractivity contribution >= 4 is 55.8 Å². The molecule has 3 N–H and O–H groups in total. The van der Waals surface area contributed by atoms with Crippen molar-refractivity contribution in [3.05, 3.63) is 87.9 Å². The molecular formula is C30H31BrN4O4. The van der Waals surface area contributed by atoms with Crippen molar-refractivity contribution in [2.24, 2.45) is 4.99 Å². The zero-order valence-corrected chi connectivity index (χ0v) is 23.7. The average Bonchev–Trinajstić information content (AvgIpc) is 3.21. The standard InChI is InChI=1S/C30H31BrN4O4/c1-19(36)35(17-16-34(2)3)24-12-10-23(11-13-24)32-29(21-7-4-20(5-8-21)6-15-27(37)38)28-25-14-9-22(31)18-26(25)33-30(28)39/h4-5,7-14,18,33,39H,6,15-17H2,1-3H3,(H,37,38). The monoisotopic (exact) mass is 590 g/mol. The van der Waals surface area contributed by atoms with Gasteiger partial charge in [0.2, 0.25) is 5.91 Å². The van der Waals surface area contributed by atoms with Crippen LogP contribution in [0.2, 0.25) is 0 Å². The Morgan fingerprint density at radius 2 is 1.67 bits per heavy atom. The van der Waals surface area contributed by atoms with Crippen LogP contribution in [0.3, 0.4) is 0 Å². The number of anilines is 1. The molecule has 0 atom stereocenters. The molecule has 0 fully saturated rings. The molecule has 0 unspecified atom stereocenters. The number of nitrogens with one attached hydrogen (secondary N) is 1. The minimum absolute atomic E-state index is 0.000126. The first-order valence-corrected chi connectivity index (χ1v) is 13.3. The summed E-state index contributed by atoms with van der Waals surface area (Å²) in [5.41, 5.74) is 5.01. The van der Waals surface area contributed by atoms with E-state index in [0.29, 0.717) is 29.9 Å². The van der Waals surface area contributed by atoms with Crippen molar-refractivity contribution < 1.29 is 19.8 Å². The topological polar surface area (TPSA) is 109 Å². The van der Waals surface area contributed by atoms with E-state index in [1.807, 2.05) is 85.7 Å². The van der Waals surface area contributed by atoms with Crippen molar-refractivity contribution in [1.29, 1.82) is 0 Å². The summed E-state index contributed by atoms with van der Waals surface area (Å²) in [4.78, 5) is 35.0. The molecular weight excluding hydrogens is 560 g/mol. The lowest BCUT2D eigenvalue weighted by atomic mass is 9.98. The number of rotatable bonds is 10. The molecule has 0 saturated heterocycles. The third kappa shape index (κ3) is 6.93. The number of carbonyl (C=O) groups excluding carboxylic acids is 1. The van der Waals surface area contributed by atoms with Gasteiger partial charge >= 0.3 is 5.97 Å². The first-order valence-electron chi connectivity index (χ1n) is 12.6. The number of carboxylic acids is 1. The summed E-state index contributed by atoms with van der Waals surface area (Å²) in [5.74, 6) is -0.878. The summed E-state index contributed by atoms with van der Waals surface area (Å²) in [7, 11) is 3.93. The van der Waals surface area contributed by atoms with Gasteiger partial charge in [-0.25, -0.2) is 4.99 Å². The maximum atomic E-state index is 12.3. The largest absolute Gasteiger partial charge is 0.494 e. The summed E-state index contributed by atoms with van der Waals surface area (Å²) in [6.45, 7) is 2.86. The molecule has 0 spiro atoms. The Morgan fingerprint density at radius 3 is 2.28 bits per heavy atom. The number of amides is 1. The van der Waals surface area contributed by atoms with Crippen LogP contribution >= 0.6 is 15.9 Å². The summed E-state index contributed by atoms with van der Waals surface area (Å²) in [5, 5.41) is 20.8. The highest BCUT2D eigenvalue weighted by Gasteiger charge is 2.19. The Morgan fingerprint density at radius 1 is 0.974 bits per heavy atom. The fraction of sp³-hybridized carbons (Fsp3) is 0.233. The van der Waals surface area contributed by atoms with Gasteiger partial charge in [0.15, 0.2) is 5.88 Å². The number of hydrogen-bond donors (Lipinski definition) is 3. The van der Waals surface area contributed by atoms with Gasteiger partial charge in [-0.05, 0) is 62.5 Å². The molecule has 9 heteroatoms. The summed E-state index contributed by atoms with van der Waals surface area (Å²) < 4.78 is 0.879. The maximum Gasteiger partial charge on any atom is 0.303 e. The Balaban J connectivity index is 1.76. The van der Waals surface area contributed by atoms with E-state index in [-0.39, 0.29) is 18.2 Å². The van der Waals surface area contributed by atoms with Gasteiger partial charge in [-0.2, -0.15) is 0 Å². The summed E-state index contributed by atoms with van der Waals surface area (Å²) in [6.07, 6.45) is 0.479. The Bertz CT molecular complexity index is 1510. The second kappa shape index (κ2) is 12.3. The van der Waals surface area contributed by atoms with E-state index < -0.39 is 5.97 Å². The fourth-order valence-electron chi connectivity index (χ4n) is 4.35. The van der Waals surface area contributed by atoms with Crippen LogP contribution in [0.5, 0.6) is 5.88 Å². The van der Waals surface area contributed by atoms with Crippen LogP contribution in [-0.4, -0.2) is 64.9 Å². The lowest BCUT2D eigenvalue weighted by Gasteiger charge is -2.23. The number of benzene rings is 3. The molecule has 1 heterocycles. The lowest BCUT2D eigenvalue weighted by molar-refractivity contribution is -0.137. The van der Waals surface area contributed by atoms with Crippen molar-refractivity contribution in [2.45, 2.75) is 19.8 Å². The average molecular weight is 592 g/mol. The number of nitrogens with zero attached hydrogens (tertiary/aromatic N) is 3. The summed E-state index contributed by atoms with van der Waals surface area (Å²) in [6, 6.07) is 20.7. The number of hydrogen-bond acceptors (Lipinski definition) is 5. The first-order chi connectivity index (χ1) is 18.6. The van der Waals surface area contributed by atoms with Crippen LogP contribution < -0.4 is 4.90 Å². The Hall–Kier alpha value is -3.95. The number of aromatic hydroxyl groups is 1. The molecule has 0 aliphatic carbocycles. The normalized spacial score (nSPS) is 11.8. The van der Waals surface area contributed by atoms with Gasteiger partial charge in [-0.15, -0.1) is 0 Å². The Labute approximate surface area is 235 Å². The number of aliphatic imine (C=N–C) groups is 1. The minimum atomic E-state index is -0.843. The number of fused-ring (bicyclic) bond motifs is 1. The highest BCUT2D eigenvalue weighted by molar-refractivity contribution is 9.10. The number of likely N-dealkylation sites (N-methyl/N-ethyl adjacent to an activating group) is 1. The second-order valence-corrected chi connectivity index (χ2v) is 10.5. The molecule has 0 bridgehead atoms. The number of aliphatic carboxylic acids is 1. The SMILES string of the molecule is CC(=O)N(CCN(C)C)c1ccc(N=C(c2ccc(CCC(=O)O)cc2)c2c(O)[nH]c3cc(Br)ccc23)cc1. The van der Waals surface area contributed by atoms with Gasteiger partial charge < -0.3 is 25.0 Å². The van der Waals surface area contributed by atoms with E-state index in [9.17, 15) is 14.7 Å². The van der Waals surface area contributed by atoms with E-state index >= 15 is 0 Å². The molecule has 4 rings (SSSR count). The van der Waals surface area contributed by atoms with Crippen molar-refractivity contribution in [1.82, 2.24) is 9.88 Å². The molecule has 1 aromatic heterocycles. The van der Waals surface area contributed by atoms with Crippen LogP contribution in [0, 0.1) is 0 Å². The zero-order chi connectivity index (χ0) is 28.1. The van der Waals surface area contributed by atoms with Gasteiger partial charge in [0, 0.05) is 47.5 Å². The molecule has 0 saturated carbocycles. The van der Waals surface area contributed by atoms with E-state index in [1.54, 1.807) is 11.8 Å². The number of carboxylic acid groups (broad SMARTS) is 1. The Kier molecular flexibility index (Phi) is 8.83.